The number of ether oxygens (including phenoxy) is 3. The molecule has 1 atom stereocenters. The van der Waals surface area contributed by atoms with Gasteiger partial charge in [0.25, 0.3) is 0 Å². The molecule has 34 heavy (non-hydrogen) atoms. The van der Waals surface area contributed by atoms with Gasteiger partial charge in [-0.3, -0.25) is 9.59 Å². The van der Waals surface area contributed by atoms with Gasteiger partial charge in [-0.25, -0.2) is 4.98 Å². The van der Waals surface area contributed by atoms with Gasteiger partial charge in [0.1, 0.15) is 28.2 Å². The van der Waals surface area contributed by atoms with E-state index in [4.69, 9.17) is 18.6 Å². The van der Waals surface area contributed by atoms with Crippen LogP contribution in [0.1, 0.15) is 23.5 Å². The van der Waals surface area contributed by atoms with Gasteiger partial charge in [0.2, 0.25) is 5.88 Å². The minimum atomic E-state index is -0.606. The fourth-order valence-electron chi connectivity index (χ4n) is 4.19. The first-order chi connectivity index (χ1) is 16.4. The van der Waals surface area contributed by atoms with Crippen LogP contribution in [0.25, 0.3) is 22.3 Å². The van der Waals surface area contributed by atoms with Crippen molar-refractivity contribution in [3.63, 3.8) is 0 Å². The average Bonchev–Trinajstić information content (AvgIpc) is 2.83. The monoisotopic (exact) mass is 461 g/mol. The van der Waals surface area contributed by atoms with E-state index in [1.807, 2.05) is 0 Å². The van der Waals surface area contributed by atoms with Gasteiger partial charge in [-0.05, 0) is 24.3 Å². The number of benzene rings is 2. The zero-order valence-electron chi connectivity index (χ0n) is 18.2. The highest BCUT2D eigenvalue weighted by molar-refractivity contribution is 5.91. The van der Waals surface area contributed by atoms with Crippen LogP contribution in [0.5, 0.6) is 28.9 Å². The number of phenols is 2. The van der Waals surface area contributed by atoms with Gasteiger partial charge in [-0.1, -0.05) is 6.07 Å². The van der Waals surface area contributed by atoms with Gasteiger partial charge in [0, 0.05) is 40.9 Å². The van der Waals surface area contributed by atoms with Gasteiger partial charge in [-0.15, -0.1) is 0 Å². The fourth-order valence-corrected chi connectivity index (χ4v) is 4.19. The smallest absolute Gasteiger partial charge is 0.306 e. The Kier molecular flexibility index (Phi) is 5.09. The lowest BCUT2D eigenvalue weighted by Gasteiger charge is -2.27. The molecule has 3 heterocycles. The van der Waals surface area contributed by atoms with Crippen LogP contribution in [-0.4, -0.2) is 35.4 Å². The molecule has 9 heteroatoms. The summed E-state index contributed by atoms with van der Waals surface area (Å²) >= 11 is 0. The van der Waals surface area contributed by atoms with Crippen LogP contribution < -0.4 is 14.9 Å². The van der Waals surface area contributed by atoms with Crippen molar-refractivity contribution in [3.05, 3.63) is 70.0 Å². The van der Waals surface area contributed by atoms with E-state index >= 15 is 0 Å². The van der Waals surface area contributed by atoms with Crippen molar-refractivity contribution in [2.45, 2.75) is 12.3 Å². The van der Waals surface area contributed by atoms with Crippen LogP contribution in [0.3, 0.4) is 0 Å². The summed E-state index contributed by atoms with van der Waals surface area (Å²) in [6.07, 6.45) is 1.48. The first-order valence-electron chi connectivity index (χ1n) is 10.3. The van der Waals surface area contributed by atoms with E-state index in [2.05, 4.69) is 4.98 Å². The van der Waals surface area contributed by atoms with Crippen LogP contribution in [0, 0.1) is 0 Å². The summed E-state index contributed by atoms with van der Waals surface area (Å²) in [4.78, 5) is 29.6. The number of nitrogens with zero attached hydrogens (tertiary/aromatic N) is 1. The first kappa shape index (κ1) is 21.3. The second-order valence-corrected chi connectivity index (χ2v) is 7.71. The standard InChI is InChI=1S/C25H19NO8/c1-31-18-6-5-12(8-15(18)27)19-10-16(28)23-17(29)11-20-22(24(23)33-19)14(9-21(30)32-2)13-4-3-7-26-25(13)34-20/h3-8,10-11,14,27,29H,9H2,1-2H3/t14-/m0/s1. The average molecular weight is 461 g/mol. The number of carbonyl (C=O) groups is 1. The van der Waals surface area contributed by atoms with Crippen LogP contribution >= 0.6 is 0 Å². The van der Waals surface area contributed by atoms with Crippen molar-refractivity contribution in [2.24, 2.45) is 0 Å². The summed E-state index contributed by atoms with van der Waals surface area (Å²) in [6, 6.07) is 10.6. The third kappa shape index (κ3) is 3.38. The number of esters is 1. The number of aromatic nitrogens is 1. The van der Waals surface area contributed by atoms with Crippen molar-refractivity contribution in [1.29, 1.82) is 0 Å². The predicted octanol–water partition coefficient (Wildman–Crippen LogP) is 4.08. The van der Waals surface area contributed by atoms with Crippen LogP contribution in [-0.2, 0) is 9.53 Å². The Labute approximate surface area is 192 Å². The molecular formula is C25H19NO8. The fraction of sp³-hybridized carbons (Fsp3) is 0.160. The number of aromatic hydroxyl groups is 2. The van der Waals surface area contributed by atoms with Gasteiger partial charge in [0.15, 0.2) is 16.9 Å². The predicted molar refractivity (Wildman–Crippen MR) is 121 cm³/mol. The van der Waals surface area contributed by atoms with Crippen molar-refractivity contribution in [1.82, 2.24) is 4.98 Å². The maximum atomic E-state index is 13.1. The highest BCUT2D eigenvalue weighted by atomic mass is 16.5. The summed E-state index contributed by atoms with van der Waals surface area (Å²) in [5.41, 5.74) is 1.01. The van der Waals surface area contributed by atoms with Gasteiger partial charge in [0.05, 0.1) is 20.6 Å². The molecule has 1 aliphatic rings. The molecule has 4 aromatic rings. The van der Waals surface area contributed by atoms with Crippen LogP contribution in [0.2, 0.25) is 0 Å². The molecule has 0 saturated heterocycles. The van der Waals surface area contributed by atoms with E-state index in [1.54, 1.807) is 24.4 Å². The number of phenolic OH excluding ortho intramolecular Hbond substituents is 2. The zero-order valence-corrected chi connectivity index (χ0v) is 18.2. The molecule has 0 bridgehead atoms. The maximum Gasteiger partial charge on any atom is 0.306 e. The maximum absolute atomic E-state index is 13.1. The van der Waals surface area contributed by atoms with Crippen molar-refractivity contribution >= 4 is 16.9 Å². The summed E-state index contributed by atoms with van der Waals surface area (Å²) in [5, 5.41) is 20.8. The minimum Gasteiger partial charge on any atom is -0.507 e. The Hall–Kier alpha value is -4.53. The Morgan fingerprint density at radius 2 is 1.94 bits per heavy atom. The van der Waals surface area contributed by atoms with Gasteiger partial charge >= 0.3 is 5.97 Å². The van der Waals surface area contributed by atoms with E-state index in [-0.39, 0.29) is 52.0 Å². The molecule has 1 aliphatic heterocycles. The van der Waals surface area contributed by atoms with Crippen LogP contribution in [0.15, 0.2) is 57.9 Å². The molecule has 0 unspecified atom stereocenters. The molecule has 5 rings (SSSR count). The number of pyridine rings is 1. The molecule has 0 aliphatic carbocycles. The Morgan fingerprint density at radius 3 is 2.68 bits per heavy atom. The number of methoxy groups -OCH3 is 2. The quantitative estimate of drug-likeness (QED) is 0.432. The SMILES string of the molecule is COC(=O)C[C@H]1c2cccnc2Oc2cc(O)c3c(=O)cc(-c4ccc(OC)c(O)c4)oc3c21. The highest BCUT2D eigenvalue weighted by Crippen LogP contribution is 2.50. The molecule has 0 spiro atoms. The number of hydrogen-bond donors (Lipinski definition) is 2. The molecule has 0 amide bonds. The Morgan fingerprint density at radius 1 is 1.12 bits per heavy atom. The summed E-state index contributed by atoms with van der Waals surface area (Å²) in [5.74, 6) is -0.646. The lowest BCUT2D eigenvalue weighted by molar-refractivity contribution is -0.140. The normalized spacial score (nSPS) is 14.1. The van der Waals surface area contributed by atoms with E-state index < -0.39 is 17.3 Å². The molecule has 0 fully saturated rings. The number of carbonyl (C=O) groups excluding carboxylic acids is 1. The second kappa shape index (κ2) is 8.11. The Bertz CT molecular complexity index is 1510. The van der Waals surface area contributed by atoms with Crippen molar-refractivity contribution in [3.8, 4) is 40.2 Å². The van der Waals surface area contributed by atoms with E-state index in [1.165, 1.54) is 38.5 Å². The third-order valence-corrected chi connectivity index (χ3v) is 5.77. The largest absolute Gasteiger partial charge is 0.507 e. The van der Waals surface area contributed by atoms with E-state index in [0.29, 0.717) is 16.7 Å². The molecular weight excluding hydrogens is 442 g/mol. The van der Waals surface area contributed by atoms with Crippen molar-refractivity contribution < 1.29 is 33.6 Å². The zero-order chi connectivity index (χ0) is 24.0. The number of hydrogen-bond acceptors (Lipinski definition) is 9. The lowest BCUT2D eigenvalue weighted by Crippen LogP contribution is -2.17. The summed E-state index contributed by atoms with van der Waals surface area (Å²) < 4.78 is 22.0. The van der Waals surface area contributed by atoms with Gasteiger partial charge < -0.3 is 28.8 Å². The topological polar surface area (TPSA) is 128 Å². The second-order valence-electron chi connectivity index (χ2n) is 7.71. The molecule has 2 aromatic heterocycles. The summed E-state index contributed by atoms with van der Waals surface area (Å²) in [7, 11) is 2.71. The van der Waals surface area contributed by atoms with E-state index in [9.17, 15) is 19.8 Å². The molecule has 2 aromatic carbocycles. The third-order valence-electron chi connectivity index (χ3n) is 5.77. The van der Waals surface area contributed by atoms with Gasteiger partial charge in [-0.2, -0.15) is 0 Å². The van der Waals surface area contributed by atoms with Crippen LogP contribution in [0.4, 0.5) is 0 Å². The lowest BCUT2D eigenvalue weighted by atomic mass is 9.85. The molecule has 2 N–H and O–H groups in total. The highest BCUT2D eigenvalue weighted by Gasteiger charge is 2.34. The molecule has 0 saturated carbocycles. The molecule has 172 valence electrons. The Balaban J connectivity index is 1.79. The number of rotatable bonds is 4. The number of fused-ring (bicyclic) bond motifs is 4. The molecule has 0 radical (unpaired) electrons. The van der Waals surface area contributed by atoms with Crippen molar-refractivity contribution in [2.75, 3.05) is 14.2 Å². The van der Waals surface area contributed by atoms with E-state index in [0.717, 1.165) is 0 Å². The summed E-state index contributed by atoms with van der Waals surface area (Å²) in [6.45, 7) is 0. The first-order valence-corrected chi connectivity index (χ1v) is 10.3. The minimum absolute atomic E-state index is 0.0500. The molecule has 9 nitrogen and oxygen atoms in total.